The highest BCUT2D eigenvalue weighted by atomic mass is 35.5. The van der Waals surface area contributed by atoms with Gasteiger partial charge in [-0.15, -0.1) is 0 Å². The van der Waals surface area contributed by atoms with E-state index in [-0.39, 0.29) is 43.6 Å². The Labute approximate surface area is 314 Å². The highest BCUT2D eigenvalue weighted by molar-refractivity contribution is 6.30. The summed E-state index contributed by atoms with van der Waals surface area (Å²) in [7, 11) is 5.91. The predicted molar refractivity (Wildman–Crippen MR) is 198 cm³/mol. The molecule has 14 heteroatoms. The van der Waals surface area contributed by atoms with Crippen LogP contribution >= 0.6 is 11.6 Å². The molecule has 0 fully saturated rings. The molecule has 0 unspecified atom stereocenters. The highest BCUT2D eigenvalue weighted by Gasteiger charge is 2.41. The van der Waals surface area contributed by atoms with Gasteiger partial charge in [-0.2, -0.15) is 0 Å². The second kappa shape index (κ2) is 18.2. The molecular weight excluding hydrogens is 708 g/mol. The van der Waals surface area contributed by atoms with Crippen molar-refractivity contribution in [3.8, 4) is 23.0 Å². The van der Waals surface area contributed by atoms with Crippen LogP contribution in [0.25, 0.3) is 0 Å². The van der Waals surface area contributed by atoms with Crippen molar-refractivity contribution in [2.45, 2.75) is 59.2 Å². The first-order chi connectivity index (χ1) is 25.2. The number of esters is 2. The van der Waals surface area contributed by atoms with Crippen molar-refractivity contribution < 1.29 is 52.3 Å². The fourth-order valence-corrected chi connectivity index (χ4v) is 6.29. The number of anilines is 2. The van der Waals surface area contributed by atoms with Gasteiger partial charge in [-0.3, -0.25) is 19.2 Å². The number of amides is 2. The lowest BCUT2D eigenvalue weighted by atomic mass is 9.92. The zero-order chi connectivity index (χ0) is 38.9. The van der Waals surface area contributed by atoms with Crippen molar-refractivity contribution in [3.05, 3.63) is 70.2 Å². The Bertz CT molecular complexity index is 1810. The Morgan fingerprint density at radius 1 is 0.906 bits per heavy atom. The summed E-state index contributed by atoms with van der Waals surface area (Å²) in [6, 6.07) is 13.8. The van der Waals surface area contributed by atoms with Crippen molar-refractivity contribution in [2.24, 2.45) is 5.41 Å². The Balaban J connectivity index is 1.78. The number of hydrogen-bond acceptors (Lipinski definition) is 11. The van der Waals surface area contributed by atoms with Gasteiger partial charge in [0.2, 0.25) is 5.91 Å². The molecule has 0 aliphatic carbocycles. The zero-order valence-corrected chi connectivity index (χ0v) is 32.1. The first kappa shape index (κ1) is 40.8. The number of fused-ring (bicyclic) bond motifs is 1. The molecule has 4 rings (SSSR count). The van der Waals surface area contributed by atoms with Gasteiger partial charge >= 0.3 is 11.9 Å². The van der Waals surface area contributed by atoms with Crippen LogP contribution in [0.4, 0.5) is 11.4 Å². The van der Waals surface area contributed by atoms with E-state index in [0.717, 1.165) is 0 Å². The third-order valence-electron chi connectivity index (χ3n) is 8.48. The number of para-hydroxylation sites is 1. The van der Waals surface area contributed by atoms with E-state index in [1.54, 1.807) is 60.4 Å². The molecule has 1 heterocycles. The topological polar surface area (TPSA) is 148 Å². The maximum absolute atomic E-state index is 14.7. The fraction of sp³-hybridized carbons (Fsp3) is 0.436. The van der Waals surface area contributed by atoms with Crippen LogP contribution in [-0.2, 0) is 39.8 Å². The van der Waals surface area contributed by atoms with Gasteiger partial charge in [0.25, 0.3) is 5.91 Å². The summed E-state index contributed by atoms with van der Waals surface area (Å²) in [5, 5.41) is 3.26. The molecule has 286 valence electrons. The van der Waals surface area contributed by atoms with Crippen LogP contribution < -0.4 is 29.2 Å². The number of benzene rings is 3. The first-order valence-corrected chi connectivity index (χ1v) is 17.4. The number of nitrogens with zero attached hydrogens (tertiary/aromatic N) is 1. The zero-order valence-electron chi connectivity index (χ0n) is 31.3. The second-order valence-electron chi connectivity index (χ2n) is 13.1. The standard InChI is InChI=1S/C39H47ClN2O11/c1-9-51-34(45)16-13-24-17-28(37(50-8)31(18-24)48-6)41-33(44)20-32-38(46)42(21-39(3,4)22-52-23(2)43)29-15-14-25(40)19-27(29)35(53-32)26-11-10-12-30(47-5)36(26)49-7/h10-12,14-15,17-19,32,35H,9,13,16,20-22H2,1-8H3,(H,41,44)/t32-,35-/m1/s1. The van der Waals surface area contributed by atoms with Gasteiger partial charge in [0.05, 0.1) is 53.8 Å². The van der Waals surface area contributed by atoms with Gasteiger partial charge in [-0.25, -0.2) is 0 Å². The van der Waals surface area contributed by atoms with Crippen molar-refractivity contribution in [3.63, 3.8) is 0 Å². The molecule has 13 nitrogen and oxygen atoms in total. The Morgan fingerprint density at radius 2 is 1.62 bits per heavy atom. The molecule has 2 atom stereocenters. The van der Waals surface area contributed by atoms with Gasteiger partial charge < -0.3 is 43.4 Å². The van der Waals surface area contributed by atoms with Crippen molar-refractivity contribution in [1.82, 2.24) is 0 Å². The van der Waals surface area contributed by atoms with E-state index in [4.69, 9.17) is 44.8 Å². The molecule has 0 radical (unpaired) electrons. The van der Waals surface area contributed by atoms with Crippen molar-refractivity contribution in [2.75, 3.05) is 58.4 Å². The lowest BCUT2D eigenvalue weighted by molar-refractivity contribution is -0.144. The Morgan fingerprint density at radius 3 is 2.26 bits per heavy atom. The number of methoxy groups -OCH3 is 4. The van der Waals surface area contributed by atoms with Crippen molar-refractivity contribution in [1.29, 1.82) is 0 Å². The van der Waals surface area contributed by atoms with Gasteiger partial charge in [0, 0.05) is 47.1 Å². The minimum atomic E-state index is -1.33. The van der Waals surface area contributed by atoms with Gasteiger partial charge in [-0.05, 0) is 55.3 Å². The van der Waals surface area contributed by atoms with Crippen LogP contribution in [0, 0.1) is 5.41 Å². The third kappa shape index (κ3) is 10.1. The van der Waals surface area contributed by atoms with Gasteiger partial charge in [-0.1, -0.05) is 37.6 Å². The van der Waals surface area contributed by atoms with Gasteiger partial charge in [0.1, 0.15) is 12.2 Å². The fourth-order valence-electron chi connectivity index (χ4n) is 6.11. The molecule has 0 spiro atoms. The number of ether oxygens (including phenoxy) is 7. The lowest BCUT2D eigenvalue weighted by Crippen LogP contribution is -2.46. The van der Waals surface area contributed by atoms with E-state index in [0.29, 0.717) is 51.1 Å². The average molecular weight is 755 g/mol. The Hall–Kier alpha value is -5.01. The number of carbonyl (C=O) groups is 4. The molecule has 53 heavy (non-hydrogen) atoms. The predicted octanol–water partition coefficient (Wildman–Crippen LogP) is 6.31. The molecule has 1 aliphatic heterocycles. The van der Waals surface area contributed by atoms with Crippen LogP contribution in [0.15, 0.2) is 48.5 Å². The number of nitrogens with one attached hydrogen (secondary N) is 1. The normalized spacial score (nSPS) is 15.5. The number of carbonyl (C=O) groups excluding carboxylic acids is 4. The number of rotatable bonds is 16. The molecule has 0 bridgehead atoms. The molecule has 3 aromatic carbocycles. The van der Waals surface area contributed by atoms with Crippen LogP contribution in [0.5, 0.6) is 23.0 Å². The number of halogens is 1. The van der Waals surface area contributed by atoms with Crippen molar-refractivity contribution >= 4 is 46.7 Å². The summed E-state index contributed by atoms with van der Waals surface area (Å²) in [4.78, 5) is 54.0. The lowest BCUT2D eigenvalue weighted by Gasteiger charge is -2.33. The van der Waals surface area contributed by atoms with E-state index in [2.05, 4.69) is 5.32 Å². The quantitative estimate of drug-likeness (QED) is 0.164. The third-order valence-corrected chi connectivity index (χ3v) is 8.71. The average Bonchev–Trinajstić information content (AvgIpc) is 3.22. The summed E-state index contributed by atoms with van der Waals surface area (Å²) in [5.41, 5.74) is 1.82. The largest absolute Gasteiger partial charge is 0.493 e. The van der Waals surface area contributed by atoms with E-state index >= 15 is 0 Å². The van der Waals surface area contributed by atoms with Crippen LogP contribution in [-0.4, -0.2) is 78.1 Å². The molecule has 0 aromatic heterocycles. The SMILES string of the molecule is CCOC(=O)CCc1cc(NC(=O)C[C@H]2O[C@H](c3cccc(OC)c3OC)c3cc(Cl)ccc3N(CC(C)(C)COC(C)=O)C2=O)c(OC)c(OC)c1. The highest BCUT2D eigenvalue weighted by Crippen LogP contribution is 2.46. The maximum atomic E-state index is 14.7. The minimum absolute atomic E-state index is 0.0301. The van der Waals surface area contributed by atoms with Crippen LogP contribution in [0.2, 0.25) is 5.02 Å². The maximum Gasteiger partial charge on any atom is 0.306 e. The smallest absolute Gasteiger partial charge is 0.306 e. The summed E-state index contributed by atoms with van der Waals surface area (Å²) < 4.78 is 39.6. The minimum Gasteiger partial charge on any atom is -0.493 e. The number of aryl methyl sites for hydroxylation is 1. The second-order valence-corrected chi connectivity index (χ2v) is 13.5. The van der Waals surface area contributed by atoms with E-state index in [1.807, 2.05) is 13.8 Å². The molecule has 0 saturated heterocycles. The van der Waals surface area contributed by atoms with Crippen LogP contribution in [0.1, 0.15) is 63.3 Å². The number of hydrogen-bond donors (Lipinski definition) is 1. The van der Waals surface area contributed by atoms with E-state index in [9.17, 15) is 19.2 Å². The molecule has 2 amide bonds. The molecular formula is C39H47ClN2O11. The summed E-state index contributed by atoms with van der Waals surface area (Å²) >= 11 is 6.56. The molecule has 3 aromatic rings. The summed E-state index contributed by atoms with van der Waals surface area (Å²) in [5.74, 6) is -0.475. The summed E-state index contributed by atoms with van der Waals surface area (Å²) in [6.07, 6.45) is -2.26. The Kier molecular flexibility index (Phi) is 14.0. The molecule has 0 saturated carbocycles. The summed E-state index contributed by atoms with van der Waals surface area (Å²) in [6.45, 7) is 7.18. The van der Waals surface area contributed by atoms with E-state index in [1.165, 1.54) is 35.4 Å². The van der Waals surface area contributed by atoms with Gasteiger partial charge in [0.15, 0.2) is 23.0 Å². The van der Waals surface area contributed by atoms with E-state index < -0.39 is 41.8 Å². The van der Waals surface area contributed by atoms with Crippen LogP contribution in [0.3, 0.4) is 0 Å². The molecule has 1 aliphatic rings. The monoisotopic (exact) mass is 754 g/mol. The molecule has 1 N–H and O–H groups in total. The first-order valence-electron chi connectivity index (χ1n) is 17.1.